The molecule has 2 fully saturated rings. The first-order chi connectivity index (χ1) is 15.0. The zero-order valence-corrected chi connectivity index (χ0v) is 17.1. The maximum Gasteiger partial charge on any atom is 0.261 e. The minimum absolute atomic E-state index is 0.0483. The van der Waals surface area contributed by atoms with Gasteiger partial charge in [0.2, 0.25) is 0 Å². The summed E-state index contributed by atoms with van der Waals surface area (Å²) in [5, 5.41) is 2.20. The number of hydrogen-bond acceptors (Lipinski definition) is 6. The third-order valence-electron chi connectivity index (χ3n) is 4.88. The maximum atomic E-state index is 11.8. The Kier molecular flexibility index (Phi) is 6.13. The Morgan fingerprint density at radius 2 is 1.19 bits per heavy atom. The monoisotopic (exact) mass is 442 g/mol. The number of amides is 4. The standard InChI is InChI=1S/C11H9NO3.C8H5NO2.C3H5ClO/c13-10-8-3-1-2-4-9(8)11(14)12(10)5-7-6-15-7;10-7-5-3-1-2-4-6(5)8(11)9-7;4-1-3-2-5-3/h1-4,7H,5-6H2;1-4H,(H,9,10,11);3H,1-2H2. The molecule has 8 nitrogen and oxygen atoms in total. The van der Waals surface area contributed by atoms with Crippen molar-refractivity contribution in [3.05, 3.63) is 70.8 Å². The van der Waals surface area contributed by atoms with Crippen LogP contribution in [0.3, 0.4) is 0 Å². The van der Waals surface area contributed by atoms with Gasteiger partial charge in [-0.15, -0.1) is 11.6 Å². The van der Waals surface area contributed by atoms with E-state index in [1.165, 1.54) is 4.90 Å². The van der Waals surface area contributed by atoms with Gasteiger partial charge in [-0.2, -0.15) is 0 Å². The second-order valence-electron chi connectivity index (χ2n) is 7.16. The number of imide groups is 2. The largest absolute Gasteiger partial charge is 0.372 e. The zero-order valence-electron chi connectivity index (χ0n) is 16.4. The Balaban J connectivity index is 0.000000126. The molecule has 2 aromatic carbocycles. The maximum absolute atomic E-state index is 11.8. The Bertz CT molecular complexity index is 980. The third-order valence-corrected chi connectivity index (χ3v) is 5.23. The first kappa shape index (κ1) is 21.2. The van der Waals surface area contributed by atoms with Gasteiger partial charge in [-0.1, -0.05) is 24.3 Å². The fourth-order valence-corrected chi connectivity index (χ4v) is 3.23. The van der Waals surface area contributed by atoms with Crippen LogP contribution in [0.2, 0.25) is 0 Å². The highest BCUT2D eigenvalue weighted by Gasteiger charge is 2.39. The van der Waals surface area contributed by atoms with Crippen molar-refractivity contribution in [1.29, 1.82) is 0 Å². The van der Waals surface area contributed by atoms with E-state index in [4.69, 9.17) is 21.1 Å². The quantitative estimate of drug-likeness (QED) is 0.441. The number of nitrogens with one attached hydrogen (secondary N) is 1. The molecule has 4 heterocycles. The van der Waals surface area contributed by atoms with Gasteiger partial charge in [0.15, 0.2) is 0 Å². The number of epoxide rings is 2. The predicted molar refractivity (Wildman–Crippen MR) is 110 cm³/mol. The number of nitrogens with zero attached hydrogens (tertiary/aromatic N) is 1. The molecule has 4 aliphatic rings. The van der Waals surface area contributed by atoms with E-state index >= 15 is 0 Å². The molecular weight excluding hydrogens is 424 g/mol. The van der Waals surface area contributed by atoms with Gasteiger partial charge in [-0.05, 0) is 24.3 Å². The van der Waals surface area contributed by atoms with Crippen LogP contribution in [-0.2, 0) is 9.47 Å². The smallest absolute Gasteiger partial charge is 0.261 e. The number of carbonyl (C=O) groups excluding carboxylic acids is 4. The summed E-state index contributed by atoms with van der Waals surface area (Å²) in [6.45, 7) is 1.91. The second kappa shape index (κ2) is 8.97. The Morgan fingerprint density at radius 3 is 1.55 bits per heavy atom. The molecule has 2 saturated heterocycles. The van der Waals surface area contributed by atoms with Gasteiger partial charge in [0.25, 0.3) is 23.6 Å². The molecule has 4 aliphatic heterocycles. The highest BCUT2D eigenvalue weighted by Crippen LogP contribution is 2.24. The van der Waals surface area contributed by atoms with Crippen molar-refractivity contribution in [1.82, 2.24) is 10.2 Å². The van der Waals surface area contributed by atoms with Crippen LogP contribution >= 0.6 is 11.6 Å². The van der Waals surface area contributed by atoms with Crippen molar-refractivity contribution in [2.75, 3.05) is 25.6 Å². The van der Waals surface area contributed by atoms with Crippen LogP contribution < -0.4 is 5.32 Å². The SMILES string of the molecule is ClCC1CO1.O=C1NC(=O)c2ccccc21.O=C1c2ccccc2C(=O)N1CC1CO1. The summed E-state index contributed by atoms with van der Waals surface area (Å²) in [7, 11) is 0. The first-order valence-electron chi connectivity index (χ1n) is 9.68. The van der Waals surface area contributed by atoms with Crippen molar-refractivity contribution in [2.24, 2.45) is 0 Å². The molecular formula is C22H19ClN2O6. The van der Waals surface area contributed by atoms with E-state index in [-0.39, 0.29) is 29.7 Å². The van der Waals surface area contributed by atoms with E-state index in [0.717, 1.165) is 6.61 Å². The molecule has 0 saturated carbocycles. The summed E-state index contributed by atoms with van der Waals surface area (Å²) in [4.78, 5) is 46.8. The van der Waals surface area contributed by atoms with E-state index in [2.05, 4.69) is 5.32 Å². The topological polar surface area (TPSA) is 109 Å². The summed E-state index contributed by atoms with van der Waals surface area (Å²) in [5.41, 5.74) is 1.95. The van der Waals surface area contributed by atoms with Crippen molar-refractivity contribution in [2.45, 2.75) is 12.2 Å². The average molecular weight is 443 g/mol. The molecule has 1 N–H and O–H groups in total. The lowest BCUT2D eigenvalue weighted by molar-refractivity contribution is 0.0641. The second-order valence-corrected chi connectivity index (χ2v) is 7.47. The lowest BCUT2D eigenvalue weighted by Crippen LogP contribution is -2.33. The number of halogens is 1. The molecule has 4 amide bonds. The molecule has 2 atom stereocenters. The van der Waals surface area contributed by atoms with Gasteiger partial charge in [0.05, 0.1) is 60.1 Å². The molecule has 2 unspecified atom stereocenters. The number of alkyl halides is 1. The van der Waals surface area contributed by atoms with Crippen LogP contribution in [0, 0.1) is 0 Å². The number of fused-ring (bicyclic) bond motifs is 2. The molecule has 0 radical (unpaired) electrons. The summed E-state index contributed by atoms with van der Waals surface area (Å²) in [5.74, 6) is -0.339. The van der Waals surface area contributed by atoms with Gasteiger partial charge < -0.3 is 9.47 Å². The first-order valence-corrected chi connectivity index (χ1v) is 10.2. The highest BCUT2D eigenvalue weighted by molar-refractivity contribution is 6.22. The summed E-state index contributed by atoms with van der Waals surface area (Å²) >= 11 is 5.27. The molecule has 0 bridgehead atoms. The number of rotatable bonds is 3. The van der Waals surface area contributed by atoms with Gasteiger partial charge in [0.1, 0.15) is 0 Å². The lowest BCUT2D eigenvalue weighted by atomic mass is 10.1. The van der Waals surface area contributed by atoms with Gasteiger partial charge in [0, 0.05) is 0 Å². The van der Waals surface area contributed by atoms with Gasteiger partial charge in [-0.25, -0.2) is 0 Å². The minimum atomic E-state index is -0.300. The lowest BCUT2D eigenvalue weighted by Gasteiger charge is -2.10. The number of ether oxygens (including phenoxy) is 2. The molecule has 0 aromatic heterocycles. The summed E-state index contributed by atoms with van der Waals surface area (Å²) in [6.07, 6.45) is 0.448. The molecule has 31 heavy (non-hydrogen) atoms. The van der Waals surface area contributed by atoms with Crippen molar-refractivity contribution >= 4 is 35.2 Å². The van der Waals surface area contributed by atoms with Crippen LogP contribution in [0.5, 0.6) is 0 Å². The molecule has 160 valence electrons. The number of carbonyl (C=O) groups is 4. The Morgan fingerprint density at radius 1 is 0.774 bits per heavy atom. The summed E-state index contributed by atoms with van der Waals surface area (Å²) < 4.78 is 9.75. The van der Waals surface area contributed by atoms with E-state index < -0.39 is 0 Å². The van der Waals surface area contributed by atoms with Crippen LogP contribution in [0.25, 0.3) is 0 Å². The minimum Gasteiger partial charge on any atom is -0.372 e. The fraction of sp³-hybridized carbons (Fsp3) is 0.273. The molecule has 0 aliphatic carbocycles. The average Bonchev–Trinajstić information content (AvgIpc) is 3.72. The van der Waals surface area contributed by atoms with Crippen LogP contribution in [0.4, 0.5) is 0 Å². The number of hydrogen-bond donors (Lipinski definition) is 1. The summed E-state index contributed by atoms with van der Waals surface area (Å²) in [6, 6.07) is 13.6. The van der Waals surface area contributed by atoms with E-state index in [0.29, 0.717) is 47.4 Å². The highest BCUT2D eigenvalue weighted by atomic mass is 35.5. The van der Waals surface area contributed by atoms with E-state index in [1.54, 1.807) is 48.5 Å². The molecule has 6 rings (SSSR count). The Hall–Kier alpha value is -3.07. The Labute approximate surface area is 183 Å². The van der Waals surface area contributed by atoms with E-state index in [9.17, 15) is 19.2 Å². The number of benzene rings is 2. The van der Waals surface area contributed by atoms with Crippen LogP contribution in [-0.4, -0.2) is 66.4 Å². The van der Waals surface area contributed by atoms with Gasteiger partial charge in [-0.3, -0.25) is 29.4 Å². The molecule has 0 spiro atoms. The third kappa shape index (κ3) is 4.82. The van der Waals surface area contributed by atoms with Crippen molar-refractivity contribution < 1.29 is 28.7 Å². The van der Waals surface area contributed by atoms with E-state index in [1.807, 2.05) is 0 Å². The van der Waals surface area contributed by atoms with Crippen molar-refractivity contribution in [3.8, 4) is 0 Å². The predicted octanol–water partition coefficient (Wildman–Crippen LogP) is 1.88. The molecule has 2 aromatic rings. The van der Waals surface area contributed by atoms with Crippen LogP contribution in [0.15, 0.2) is 48.5 Å². The normalized spacial score (nSPS) is 21.9. The zero-order chi connectivity index (χ0) is 22.0. The van der Waals surface area contributed by atoms with Crippen LogP contribution in [0.1, 0.15) is 41.4 Å². The fourth-order valence-electron chi connectivity index (χ4n) is 3.06. The van der Waals surface area contributed by atoms with Gasteiger partial charge >= 0.3 is 0 Å². The van der Waals surface area contributed by atoms with Crippen molar-refractivity contribution in [3.63, 3.8) is 0 Å². The molecule has 9 heteroatoms.